The molecule has 0 radical (unpaired) electrons. The first-order valence-corrected chi connectivity index (χ1v) is 7.42. The van der Waals surface area contributed by atoms with Crippen molar-refractivity contribution in [1.82, 2.24) is 4.90 Å². The quantitative estimate of drug-likeness (QED) is 0.791. The van der Waals surface area contributed by atoms with Crippen molar-refractivity contribution in [2.45, 2.75) is 63.5 Å². The maximum absolute atomic E-state index is 12.6. The summed E-state index contributed by atoms with van der Waals surface area (Å²) >= 11 is 0. The fourth-order valence-corrected chi connectivity index (χ4v) is 3.42. The Labute approximate surface area is 114 Å². The van der Waals surface area contributed by atoms with Crippen LogP contribution in [-0.4, -0.2) is 35.3 Å². The molecule has 2 aliphatic rings. The van der Waals surface area contributed by atoms with Crippen molar-refractivity contribution in [3.8, 4) is 0 Å². The standard InChI is InChI=1S/C14H25N3O2/c15-11-5-3-4-10(8-11)14(19)17-7-2-1-6-12(17)9-13(16)18/h10-12H,1-9,15H2,(H2,16,18). The molecule has 5 nitrogen and oxygen atoms in total. The van der Waals surface area contributed by atoms with Crippen LogP contribution < -0.4 is 11.5 Å². The minimum absolute atomic E-state index is 0.0110. The topological polar surface area (TPSA) is 89.4 Å². The van der Waals surface area contributed by atoms with Crippen molar-refractivity contribution in [3.63, 3.8) is 0 Å². The third-order valence-electron chi connectivity index (χ3n) is 4.41. The van der Waals surface area contributed by atoms with Crippen LogP contribution in [0, 0.1) is 5.92 Å². The Kier molecular flexibility index (Phi) is 4.80. The lowest BCUT2D eigenvalue weighted by Crippen LogP contribution is -2.49. The summed E-state index contributed by atoms with van der Waals surface area (Å²) in [7, 11) is 0. The zero-order valence-electron chi connectivity index (χ0n) is 11.5. The monoisotopic (exact) mass is 267 g/mol. The van der Waals surface area contributed by atoms with Gasteiger partial charge in [0.05, 0.1) is 0 Å². The highest BCUT2D eigenvalue weighted by Crippen LogP contribution is 2.28. The van der Waals surface area contributed by atoms with Gasteiger partial charge in [-0.1, -0.05) is 6.42 Å². The SMILES string of the molecule is NC(=O)CC1CCCCN1C(=O)C1CCCC(N)C1. The van der Waals surface area contributed by atoms with Gasteiger partial charge in [-0.2, -0.15) is 0 Å². The van der Waals surface area contributed by atoms with Crippen LogP contribution in [0.4, 0.5) is 0 Å². The van der Waals surface area contributed by atoms with Crippen molar-refractivity contribution in [3.05, 3.63) is 0 Å². The number of carbonyl (C=O) groups excluding carboxylic acids is 2. The predicted molar refractivity (Wildman–Crippen MR) is 73.1 cm³/mol. The van der Waals surface area contributed by atoms with Crippen LogP contribution in [0.2, 0.25) is 0 Å². The van der Waals surface area contributed by atoms with E-state index >= 15 is 0 Å². The van der Waals surface area contributed by atoms with Crippen LogP contribution in [0.5, 0.6) is 0 Å². The van der Waals surface area contributed by atoms with Gasteiger partial charge in [0.1, 0.15) is 0 Å². The highest BCUT2D eigenvalue weighted by molar-refractivity contribution is 5.81. The van der Waals surface area contributed by atoms with Gasteiger partial charge in [-0.25, -0.2) is 0 Å². The molecule has 1 heterocycles. The minimum Gasteiger partial charge on any atom is -0.370 e. The van der Waals surface area contributed by atoms with E-state index in [4.69, 9.17) is 11.5 Å². The normalized spacial score (nSPS) is 32.1. The van der Waals surface area contributed by atoms with E-state index in [0.717, 1.165) is 51.5 Å². The lowest BCUT2D eigenvalue weighted by Gasteiger charge is -2.39. The maximum Gasteiger partial charge on any atom is 0.226 e. The number of hydrogen-bond acceptors (Lipinski definition) is 3. The van der Waals surface area contributed by atoms with Gasteiger partial charge >= 0.3 is 0 Å². The Morgan fingerprint density at radius 2 is 1.89 bits per heavy atom. The highest BCUT2D eigenvalue weighted by atomic mass is 16.2. The average molecular weight is 267 g/mol. The second-order valence-corrected chi connectivity index (χ2v) is 5.98. The minimum atomic E-state index is -0.315. The molecule has 3 unspecified atom stereocenters. The van der Waals surface area contributed by atoms with Crippen LogP contribution in [0.15, 0.2) is 0 Å². The molecule has 2 rings (SSSR count). The Hall–Kier alpha value is -1.10. The van der Waals surface area contributed by atoms with Crippen molar-refractivity contribution in [2.75, 3.05) is 6.54 Å². The Balaban J connectivity index is 2.00. The van der Waals surface area contributed by atoms with E-state index in [9.17, 15) is 9.59 Å². The van der Waals surface area contributed by atoms with E-state index in [2.05, 4.69) is 0 Å². The zero-order chi connectivity index (χ0) is 13.8. The van der Waals surface area contributed by atoms with Crippen LogP contribution in [0.1, 0.15) is 51.4 Å². The molecule has 0 aromatic rings. The van der Waals surface area contributed by atoms with Gasteiger partial charge in [-0.15, -0.1) is 0 Å². The van der Waals surface area contributed by atoms with Gasteiger partial charge in [-0.05, 0) is 38.5 Å². The summed E-state index contributed by atoms with van der Waals surface area (Å²) in [6.07, 6.45) is 7.08. The number of piperidine rings is 1. The molecule has 1 aliphatic heterocycles. The average Bonchev–Trinajstić information content (AvgIpc) is 2.38. The fourth-order valence-electron chi connectivity index (χ4n) is 3.42. The summed E-state index contributed by atoms with van der Waals surface area (Å²) < 4.78 is 0. The molecule has 2 amide bonds. The number of amides is 2. The van der Waals surface area contributed by atoms with E-state index in [0.29, 0.717) is 6.42 Å². The fraction of sp³-hybridized carbons (Fsp3) is 0.857. The summed E-state index contributed by atoms with van der Waals surface area (Å²) in [5, 5.41) is 0. The first kappa shape index (κ1) is 14.3. The first-order chi connectivity index (χ1) is 9.08. The van der Waals surface area contributed by atoms with Crippen molar-refractivity contribution in [1.29, 1.82) is 0 Å². The van der Waals surface area contributed by atoms with Crippen LogP contribution >= 0.6 is 0 Å². The largest absolute Gasteiger partial charge is 0.370 e. The van der Waals surface area contributed by atoms with Crippen LogP contribution in [-0.2, 0) is 9.59 Å². The number of likely N-dealkylation sites (tertiary alicyclic amines) is 1. The molecule has 0 bridgehead atoms. The second-order valence-electron chi connectivity index (χ2n) is 5.98. The zero-order valence-corrected chi connectivity index (χ0v) is 11.5. The lowest BCUT2D eigenvalue weighted by atomic mass is 9.84. The smallest absolute Gasteiger partial charge is 0.226 e. The van der Waals surface area contributed by atoms with Gasteiger partial charge in [0.2, 0.25) is 11.8 Å². The molecule has 0 aromatic heterocycles. The molecule has 19 heavy (non-hydrogen) atoms. The Morgan fingerprint density at radius 1 is 1.11 bits per heavy atom. The van der Waals surface area contributed by atoms with Crippen LogP contribution in [0.3, 0.4) is 0 Å². The molecule has 2 fully saturated rings. The van der Waals surface area contributed by atoms with Crippen molar-refractivity contribution < 1.29 is 9.59 Å². The number of hydrogen-bond donors (Lipinski definition) is 2. The maximum atomic E-state index is 12.6. The first-order valence-electron chi connectivity index (χ1n) is 7.42. The molecule has 5 heteroatoms. The number of nitrogens with two attached hydrogens (primary N) is 2. The van der Waals surface area contributed by atoms with Crippen molar-refractivity contribution >= 4 is 11.8 Å². The molecule has 1 saturated carbocycles. The summed E-state index contributed by atoms with van der Waals surface area (Å²) in [5.41, 5.74) is 11.3. The molecule has 3 atom stereocenters. The van der Waals surface area contributed by atoms with E-state index in [-0.39, 0.29) is 29.8 Å². The second kappa shape index (κ2) is 6.37. The third-order valence-corrected chi connectivity index (χ3v) is 4.41. The number of nitrogens with zero attached hydrogens (tertiary/aromatic N) is 1. The molecular formula is C14H25N3O2. The molecule has 0 aromatic carbocycles. The Morgan fingerprint density at radius 3 is 2.58 bits per heavy atom. The lowest BCUT2D eigenvalue weighted by molar-refractivity contribution is -0.141. The molecule has 108 valence electrons. The van der Waals surface area contributed by atoms with Gasteiger partial charge in [0, 0.05) is 31.0 Å². The highest BCUT2D eigenvalue weighted by Gasteiger charge is 2.34. The molecule has 1 saturated heterocycles. The van der Waals surface area contributed by atoms with E-state index < -0.39 is 0 Å². The van der Waals surface area contributed by atoms with Gasteiger partial charge in [0.15, 0.2) is 0 Å². The number of rotatable bonds is 3. The van der Waals surface area contributed by atoms with E-state index in [1.165, 1.54) is 0 Å². The van der Waals surface area contributed by atoms with E-state index in [1.54, 1.807) is 0 Å². The molecule has 1 aliphatic carbocycles. The predicted octanol–water partition coefficient (Wildman–Crippen LogP) is 0.760. The molecular weight excluding hydrogens is 242 g/mol. The summed E-state index contributed by atoms with van der Waals surface area (Å²) in [6, 6.07) is 0.166. The summed E-state index contributed by atoms with van der Waals surface area (Å²) in [5.74, 6) is -0.0663. The molecule has 4 N–H and O–H groups in total. The van der Waals surface area contributed by atoms with E-state index in [1.807, 2.05) is 4.90 Å². The third kappa shape index (κ3) is 3.69. The van der Waals surface area contributed by atoms with Gasteiger partial charge in [-0.3, -0.25) is 9.59 Å². The summed E-state index contributed by atoms with van der Waals surface area (Å²) in [4.78, 5) is 25.6. The Bertz CT molecular complexity index is 346. The van der Waals surface area contributed by atoms with Gasteiger partial charge < -0.3 is 16.4 Å². The number of primary amides is 1. The van der Waals surface area contributed by atoms with Gasteiger partial charge in [0.25, 0.3) is 0 Å². The molecule has 0 spiro atoms. The summed E-state index contributed by atoms with van der Waals surface area (Å²) in [6.45, 7) is 0.766. The number of carbonyl (C=O) groups is 2. The van der Waals surface area contributed by atoms with Crippen molar-refractivity contribution in [2.24, 2.45) is 17.4 Å². The van der Waals surface area contributed by atoms with Crippen LogP contribution in [0.25, 0.3) is 0 Å².